The number of hydrogen-bond acceptors (Lipinski definition) is 2. The summed E-state index contributed by atoms with van der Waals surface area (Å²) >= 11 is 0. The number of rotatable bonds is 3. The van der Waals surface area contributed by atoms with E-state index in [1.807, 2.05) is 0 Å². The highest BCUT2D eigenvalue weighted by atomic mass is 16.5. The number of hydrogen-bond donors (Lipinski definition) is 1. The summed E-state index contributed by atoms with van der Waals surface area (Å²) in [5.74, 6) is 0.472. The lowest BCUT2D eigenvalue weighted by Gasteiger charge is -2.28. The second-order valence-electron chi connectivity index (χ2n) is 5.66. The molecule has 2 nitrogen and oxygen atoms in total. The smallest absolute Gasteiger partial charge is 0.0307 e. The van der Waals surface area contributed by atoms with Gasteiger partial charge in [-0.2, -0.15) is 5.06 Å². The highest BCUT2D eigenvalue weighted by Gasteiger charge is 2.19. The fourth-order valence-corrected chi connectivity index (χ4v) is 2.97. The molecule has 1 saturated heterocycles. The first-order chi connectivity index (χ1) is 9.81. The molecule has 0 bridgehead atoms. The Bertz CT molecular complexity index is 535. The van der Waals surface area contributed by atoms with Gasteiger partial charge in [-0.25, -0.2) is 0 Å². The molecule has 1 unspecified atom stereocenters. The molecular formula is C18H21NO. The lowest BCUT2D eigenvalue weighted by molar-refractivity contribution is -0.108. The van der Waals surface area contributed by atoms with Crippen LogP contribution in [0.4, 0.5) is 0 Å². The van der Waals surface area contributed by atoms with Crippen LogP contribution >= 0.6 is 0 Å². The highest BCUT2D eigenvalue weighted by Crippen LogP contribution is 2.26. The Morgan fingerprint density at radius 2 is 1.65 bits per heavy atom. The van der Waals surface area contributed by atoms with Gasteiger partial charge in [0.1, 0.15) is 0 Å². The van der Waals surface area contributed by atoms with Crippen molar-refractivity contribution in [2.45, 2.75) is 25.2 Å². The lowest BCUT2D eigenvalue weighted by Crippen LogP contribution is -2.31. The van der Waals surface area contributed by atoms with Crippen LogP contribution in [0.5, 0.6) is 0 Å². The summed E-state index contributed by atoms with van der Waals surface area (Å²) in [6.07, 6.45) is 3.24. The van der Waals surface area contributed by atoms with Crippen molar-refractivity contribution in [2.24, 2.45) is 0 Å². The Kier molecular flexibility index (Phi) is 4.14. The van der Waals surface area contributed by atoms with E-state index in [2.05, 4.69) is 54.6 Å². The summed E-state index contributed by atoms with van der Waals surface area (Å²) in [5, 5.41) is 11.1. The summed E-state index contributed by atoms with van der Waals surface area (Å²) in [6, 6.07) is 19.4. The van der Waals surface area contributed by atoms with Crippen LogP contribution in [0, 0.1) is 0 Å². The molecule has 1 N–H and O–H groups in total. The third-order valence-corrected chi connectivity index (χ3v) is 4.10. The topological polar surface area (TPSA) is 23.5 Å². The molecule has 1 atom stereocenters. The molecule has 1 aliphatic heterocycles. The molecule has 0 spiro atoms. The first-order valence-corrected chi connectivity index (χ1v) is 7.38. The van der Waals surface area contributed by atoms with Crippen molar-refractivity contribution in [3.63, 3.8) is 0 Å². The Labute approximate surface area is 120 Å². The standard InChI is InChI=1S/C18H21NO/c20-19-12-4-7-18(14-19)17-10-8-16(9-11-17)13-15-5-2-1-3-6-15/h1-3,5-6,8-11,18,20H,4,7,12-14H2. The number of piperidine rings is 1. The highest BCUT2D eigenvalue weighted by molar-refractivity contribution is 5.30. The number of benzene rings is 2. The molecule has 2 heteroatoms. The van der Waals surface area contributed by atoms with Crippen molar-refractivity contribution >= 4 is 0 Å². The summed E-state index contributed by atoms with van der Waals surface area (Å²) in [6.45, 7) is 1.57. The fourth-order valence-electron chi connectivity index (χ4n) is 2.97. The Hall–Kier alpha value is -1.64. The largest absolute Gasteiger partial charge is 0.314 e. The zero-order valence-corrected chi connectivity index (χ0v) is 11.7. The molecule has 1 aliphatic rings. The van der Waals surface area contributed by atoms with Crippen molar-refractivity contribution in [1.82, 2.24) is 5.06 Å². The van der Waals surface area contributed by atoms with Gasteiger partial charge in [0, 0.05) is 13.1 Å². The van der Waals surface area contributed by atoms with Gasteiger partial charge in [-0.15, -0.1) is 0 Å². The molecule has 104 valence electrons. The average molecular weight is 267 g/mol. The van der Waals surface area contributed by atoms with Crippen molar-refractivity contribution < 1.29 is 5.21 Å². The van der Waals surface area contributed by atoms with Crippen LogP contribution in [-0.4, -0.2) is 23.4 Å². The van der Waals surface area contributed by atoms with Crippen LogP contribution < -0.4 is 0 Å². The molecule has 0 aliphatic carbocycles. The van der Waals surface area contributed by atoms with Crippen molar-refractivity contribution in [3.05, 3.63) is 71.3 Å². The number of nitrogens with zero attached hydrogens (tertiary/aromatic N) is 1. The average Bonchev–Trinajstić information content (AvgIpc) is 2.49. The van der Waals surface area contributed by atoms with Gasteiger partial charge in [0.25, 0.3) is 0 Å². The minimum absolute atomic E-state index is 0.472. The quantitative estimate of drug-likeness (QED) is 0.913. The molecule has 0 aromatic heterocycles. The van der Waals surface area contributed by atoms with E-state index in [1.165, 1.54) is 28.2 Å². The van der Waals surface area contributed by atoms with E-state index in [-0.39, 0.29) is 0 Å². The first kappa shape index (κ1) is 13.3. The Morgan fingerprint density at radius 1 is 0.950 bits per heavy atom. The van der Waals surface area contributed by atoms with Crippen LogP contribution in [-0.2, 0) is 6.42 Å². The normalized spacial score (nSPS) is 19.9. The Balaban J connectivity index is 1.68. The molecule has 0 saturated carbocycles. The van der Waals surface area contributed by atoms with E-state index in [0.29, 0.717) is 5.92 Å². The summed E-state index contributed by atoms with van der Waals surface area (Å²) in [5.41, 5.74) is 4.04. The third kappa shape index (κ3) is 3.27. The third-order valence-electron chi connectivity index (χ3n) is 4.10. The lowest BCUT2D eigenvalue weighted by atomic mass is 9.90. The SMILES string of the molecule is ON1CCCC(c2ccc(Cc3ccccc3)cc2)C1. The van der Waals surface area contributed by atoms with Gasteiger partial charge in [0.15, 0.2) is 0 Å². The predicted molar refractivity (Wildman–Crippen MR) is 81.0 cm³/mol. The van der Waals surface area contributed by atoms with Gasteiger partial charge < -0.3 is 5.21 Å². The van der Waals surface area contributed by atoms with Crippen LogP contribution in [0.25, 0.3) is 0 Å². The van der Waals surface area contributed by atoms with Crippen molar-refractivity contribution in [3.8, 4) is 0 Å². The predicted octanol–water partition coefficient (Wildman–Crippen LogP) is 3.85. The zero-order chi connectivity index (χ0) is 13.8. The second-order valence-corrected chi connectivity index (χ2v) is 5.66. The van der Waals surface area contributed by atoms with Gasteiger partial charge >= 0.3 is 0 Å². The minimum atomic E-state index is 0.472. The molecule has 3 rings (SSSR count). The van der Waals surface area contributed by atoms with Crippen LogP contribution in [0.1, 0.15) is 35.4 Å². The van der Waals surface area contributed by atoms with E-state index in [1.54, 1.807) is 0 Å². The van der Waals surface area contributed by atoms with Crippen LogP contribution in [0.15, 0.2) is 54.6 Å². The van der Waals surface area contributed by atoms with Gasteiger partial charge in [0.05, 0.1) is 0 Å². The van der Waals surface area contributed by atoms with Gasteiger partial charge in [0.2, 0.25) is 0 Å². The second kappa shape index (κ2) is 6.21. The van der Waals surface area contributed by atoms with E-state index in [4.69, 9.17) is 0 Å². The molecule has 0 amide bonds. The molecule has 20 heavy (non-hydrogen) atoms. The van der Waals surface area contributed by atoms with Gasteiger partial charge in [-0.1, -0.05) is 54.6 Å². The van der Waals surface area contributed by atoms with E-state index in [0.717, 1.165) is 25.9 Å². The van der Waals surface area contributed by atoms with E-state index < -0.39 is 0 Å². The van der Waals surface area contributed by atoms with Gasteiger partial charge in [-0.05, 0) is 41.9 Å². The van der Waals surface area contributed by atoms with Crippen molar-refractivity contribution in [1.29, 1.82) is 0 Å². The summed E-state index contributed by atoms with van der Waals surface area (Å²) in [4.78, 5) is 0. The molecule has 2 aromatic carbocycles. The molecule has 0 radical (unpaired) electrons. The molecular weight excluding hydrogens is 246 g/mol. The van der Waals surface area contributed by atoms with Crippen LogP contribution in [0.3, 0.4) is 0 Å². The monoisotopic (exact) mass is 267 g/mol. The van der Waals surface area contributed by atoms with Crippen LogP contribution in [0.2, 0.25) is 0 Å². The maximum absolute atomic E-state index is 9.62. The summed E-state index contributed by atoms with van der Waals surface area (Å²) in [7, 11) is 0. The van der Waals surface area contributed by atoms with E-state index in [9.17, 15) is 5.21 Å². The Morgan fingerprint density at radius 3 is 2.35 bits per heavy atom. The van der Waals surface area contributed by atoms with Crippen molar-refractivity contribution in [2.75, 3.05) is 13.1 Å². The minimum Gasteiger partial charge on any atom is -0.314 e. The maximum Gasteiger partial charge on any atom is 0.0307 e. The maximum atomic E-state index is 9.62. The number of hydroxylamine groups is 2. The van der Waals surface area contributed by atoms with E-state index >= 15 is 0 Å². The first-order valence-electron chi connectivity index (χ1n) is 7.38. The molecule has 2 aromatic rings. The summed E-state index contributed by atoms with van der Waals surface area (Å²) < 4.78 is 0. The molecule has 1 heterocycles. The fraction of sp³-hybridized carbons (Fsp3) is 0.333. The van der Waals surface area contributed by atoms with Gasteiger partial charge in [-0.3, -0.25) is 0 Å². The molecule has 1 fully saturated rings. The zero-order valence-electron chi connectivity index (χ0n) is 11.7.